The molecule has 0 aliphatic heterocycles. The van der Waals surface area contributed by atoms with Crippen molar-refractivity contribution in [3.05, 3.63) is 22.7 Å². The Hall–Kier alpha value is -1.40. The third kappa shape index (κ3) is 1.94. The molecule has 0 aliphatic carbocycles. The Balaban J connectivity index is 2.41. The van der Waals surface area contributed by atoms with Gasteiger partial charge in [0.15, 0.2) is 5.69 Å². The highest BCUT2D eigenvalue weighted by molar-refractivity contribution is 7.24. The molecule has 16 heavy (non-hydrogen) atoms. The molecule has 0 aliphatic rings. The van der Waals surface area contributed by atoms with E-state index in [1.807, 2.05) is 12.1 Å². The van der Waals surface area contributed by atoms with Crippen LogP contribution in [0.4, 0.5) is 5.00 Å². The number of hydrogen-bond acceptors (Lipinski definition) is 5. The molecular formula is C10H10N2O2S2. The SMILES string of the molecule is CCc1ccc(-c2nc(C(=O)O)c(N)s2)s1. The number of thiazole rings is 1. The van der Waals surface area contributed by atoms with Crippen LogP contribution in [0.25, 0.3) is 9.88 Å². The molecule has 0 amide bonds. The smallest absolute Gasteiger partial charge is 0.357 e. The van der Waals surface area contributed by atoms with Gasteiger partial charge in [0, 0.05) is 4.88 Å². The largest absolute Gasteiger partial charge is 0.476 e. The lowest BCUT2D eigenvalue weighted by atomic mass is 10.4. The first-order chi connectivity index (χ1) is 7.61. The van der Waals surface area contributed by atoms with Crippen LogP contribution in [0.1, 0.15) is 22.3 Å². The molecule has 0 unspecified atom stereocenters. The number of aromatic carboxylic acids is 1. The quantitative estimate of drug-likeness (QED) is 0.883. The minimum atomic E-state index is -1.08. The van der Waals surface area contributed by atoms with Crippen LogP contribution in [0.3, 0.4) is 0 Å². The molecule has 0 aromatic carbocycles. The van der Waals surface area contributed by atoms with Crippen LogP contribution in [0, 0.1) is 0 Å². The summed E-state index contributed by atoms with van der Waals surface area (Å²) in [4.78, 5) is 17.1. The molecule has 0 saturated heterocycles. The first-order valence-corrected chi connectivity index (χ1v) is 6.33. The number of carboxylic acid groups (broad SMARTS) is 1. The maximum Gasteiger partial charge on any atom is 0.357 e. The molecular weight excluding hydrogens is 244 g/mol. The van der Waals surface area contributed by atoms with Gasteiger partial charge in [0.25, 0.3) is 0 Å². The topological polar surface area (TPSA) is 76.2 Å². The highest BCUT2D eigenvalue weighted by Crippen LogP contribution is 2.34. The van der Waals surface area contributed by atoms with Crippen LogP contribution < -0.4 is 5.73 Å². The number of carboxylic acids is 1. The number of carbonyl (C=O) groups is 1. The zero-order valence-corrected chi connectivity index (χ0v) is 10.2. The maximum absolute atomic E-state index is 10.8. The molecule has 0 bridgehead atoms. The third-order valence-electron chi connectivity index (χ3n) is 2.08. The molecule has 84 valence electrons. The van der Waals surface area contributed by atoms with Crippen molar-refractivity contribution >= 4 is 33.6 Å². The van der Waals surface area contributed by atoms with Gasteiger partial charge < -0.3 is 10.8 Å². The number of nitrogens with two attached hydrogens (primary N) is 1. The van der Waals surface area contributed by atoms with E-state index >= 15 is 0 Å². The minimum absolute atomic E-state index is 0.0496. The summed E-state index contributed by atoms with van der Waals surface area (Å²) in [7, 11) is 0. The van der Waals surface area contributed by atoms with Crippen molar-refractivity contribution in [2.45, 2.75) is 13.3 Å². The Morgan fingerprint density at radius 2 is 2.25 bits per heavy atom. The third-order valence-corrected chi connectivity index (χ3v) is 4.36. The highest BCUT2D eigenvalue weighted by Gasteiger charge is 2.16. The summed E-state index contributed by atoms with van der Waals surface area (Å²) in [6.07, 6.45) is 0.970. The van der Waals surface area contributed by atoms with Crippen molar-refractivity contribution in [2.24, 2.45) is 0 Å². The van der Waals surface area contributed by atoms with Crippen LogP contribution in [0.15, 0.2) is 12.1 Å². The monoisotopic (exact) mass is 254 g/mol. The van der Waals surface area contributed by atoms with Crippen LogP contribution in [-0.2, 0) is 6.42 Å². The van der Waals surface area contributed by atoms with Crippen molar-refractivity contribution in [3.63, 3.8) is 0 Å². The number of nitrogen functional groups attached to an aromatic ring is 1. The van der Waals surface area contributed by atoms with Crippen LogP contribution in [0.5, 0.6) is 0 Å². The number of hydrogen-bond donors (Lipinski definition) is 2. The predicted molar refractivity (Wildman–Crippen MR) is 66.2 cm³/mol. The van der Waals surface area contributed by atoms with E-state index < -0.39 is 5.97 Å². The van der Waals surface area contributed by atoms with Crippen LogP contribution >= 0.6 is 22.7 Å². The van der Waals surface area contributed by atoms with Gasteiger partial charge in [-0.1, -0.05) is 18.3 Å². The molecule has 0 atom stereocenters. The molecule has 4 nitrogen and oxygen atoms in total. The summed E-state index contributed by atoms with van der Waals surface area (Å²) < 4.78 is 0. The van der Waals surface area contributed by atoms with E-state index in [0.29, 0.717) is 5.01 Å². The summed E-state index contributed by atoms with van der Waals surface area (Å²) in [6, 6.07) is 3.98. The van der Waals surface area contributed by atoms with Gasteiger partial charge in [-0.25, -0.2) is 9.78 Å². The second kappa shape index (κ2) is 4.23. The van der Waals surface area contributed by atoms with E-state index in [1.165, 1.54) is 16.2 Å². The lowest BCUT2D eigenvalue weighted by Gasteiger charge is -1.87. The number of nitrogens with zero attached hydrogens (tertiary/aromatic N) is 1. The Morgan fingerprint density at radius 3 is 2.75 bits per heavy atom. The predicted octanol–water partition coefficient (Wildman–Crippen LogP) is 2.71. The van der Waals surface area contributed by atoms with E-state index in [4.69, 9.17) is 10.8 Å². The Labute approximate surface area is 100 Å². The fraction of sp³-hybridized carbons (Fsp3) is 0.200. The van der Waals surface area contributed by atoms with Crippen molar-refractivity contribution in [2.75, 3.05) is 5.73 Å². The van der Waals surface area contributed by atoms with E-state index in [9.17, 15) is 4.79 Å². The van der Waals surface area contributed by atoms with Crippen molar-refractivity contribution in [1.29, 1.82) is 0 Å². The van der Waals surface area contributed by atoms with Gasteiger partial charge in [0.05, 0.1) is 4.88 Å². The number of aromatic nitrogens is 1. The number of thiophene rings is 1. The number of anilines is 1. The average molecular weight is 254 g/mol. The Bertz CT molecular complexity index is 531. The summed E-state index contributed by atoms with van der Waals surface area (Å²) in [5.74, 6) is -1.08. The zero-order valence-electron chi connectivity index (χ0n) is 8.56. The first-order valence-electron chi connectivity index (χ1n) is 4.70. The molecule has 6 heteroatoms. The van der Waals surface area contributed by atoms with Crippen LogP contribution in [0.2, 0.25) is 0 Å². The van der Waals surface area contributed by atoms with E-state index in [0.717, 1.165) is 11.3 Å². The van der Waals surface area contributed by atoms with Gasteiger partial charge in [-0.15, -0.1) is 11.3 Å². The molecule has 2 aromatic heterocycles. The van der Waals surface area contributed by atoms with Gasteiger partial charge in [0.2, 0.25) is 0 Å². The maximum atomic E-state index is 10.8. The molecule has 3 N–H and O–H groups in total. The molecule has 2 rings (SSSR count). The fourth-order valence-electron chi connectivity index (χ4n) is 1.27. The van der Waals surface area contributed by atoms with E-state index in [-0.39, 0.29) is 10.7 Å². The van der Waals surface area contributed by atoms with Crippen molar-refractivity contribution < 1.29 is 9.90 Å². The number of rotatable bonds is 3. The van der Waals surface area contributed by atoms with Gasteiger partial charge in [0.1, 0.15) is 10.0 Å². The molecule has 0 saturated carbocycles. The Kier molecular flexibility index (Phi) is 2.93. The van der Waals surface area contributed by atoms with E-state index in [1.54, 1.807) is 11.3 Å². The Morgan fingerprint density at radius 1 is 1.50 bits per heavy atom. The summed E-state index contributed by atoms with van der Waals surface area (Å²) in [6.45, 7) is 2.08. The van der Waals surface area contributed by atoms with Gasteiger partial charge in [-0.2, -0.15) is 0 Å². The van der Waals surface area contributed by atoms with Gasteiger partial charge in [-0.05, 0) is 18.6 Å². The molecule has 0 radical (unpaired) electrons. The molecule has 2 aromatic rings. The van der Waals surface area contributed by atoms with E-state index in [2.05, 4.69) is 11.9 Å². The summed E-state index contributed by atoms with van der Waals surface area (Å²) in [5, 5.41) is 9.78. The van der Waals surface area contributed by atoms with Crippen molar-refractivity contribution in [3.8, 4) is 9.88 Å². The second-order valence-electron chi connectivity index (χ2n) is 3.16. The van der Waals surface area contributed by atoms with Crippen molar-refractivity contribution in [1.82, 2.24) is 4.98 Å². The fourth-order valence-corrected chi connectivity index (χ4v) is 3.10. The first kappa shape index (κ1) is 11.1. The molecule has 2 heterocycles. The van der Waals surface area contributed by atoms with Crippen LogP contribution in [-0.4, -0.2) is 16.1 Å². The minimum Gasteiger partial charge on any atom is -0.476 e. The lowest BCUT2D eigenvalue weighted by Crippen LogP contribution is -2.00. The number of aryl methyl sites for hydroxylation is 1. The summed E-state index contributed by atoms with van der Waals surface area (Å²) >= 11 is 2.84. The lowest BCUT2D eigenvalue weighted by molar-refractivity contribution is 0.0692. The average Bonchev–Trinajstić information content (AvgIpc) is 2.83. The summed E-state index contributed by atoms with van der Waals surface area (Å²) in [5.41, 5.74) is 5.55. The molecule has 0 spiro atoms. The second-order valence-corrected chi connectivity index (χ2v) is 5.36. The normalized spacial score (nSPS) is 10.6. The molecule has 0 fully saturated rings. The van der Waals surface area contributed by atoms with Gasteiger partial charge >= 0.3 is 5.97 Å². The zero-order chi connectivity index (χ0) is 11.7. The standard InChI is InChI=1S/C10H10N2O2S2/c1-2-5-3-4-6(15-5)9-12-7(10(13)14)8(11)16-9/h3-4H,2,11H2,1H3,(H,13,14). The highest BCUT2D eigenvalue weighted by atomic mass is 32.1. The van der Waals surface area contributed by atoms with Gasteiger partial charge in [-0.3, -0.25) is 0 Å².